The number of hydrogen-bond acceptors (Lipinski definition) is 2. The molecule has 3 nitrogen and oxygen atoms in total. The van der Waals surface area contributed by atoms with Gasteiger partial charge in [-0.05, 0) is 30.2 Å². The first-order valence-corrected chi connectivity index (χ1v) is 3.61. The number of aryl methyl sites for hydroxylation is 1. The van der Waals surface area contributed by atoms with E-state index in [1.807, 2.05) is 13.0 Å². The molecule has 0 aromatic carbocycles. The molecule has 0 fully saturated rings. The van der Waals surface area contributed by atoms with E-state index in [0.29, 0.717) is 10.9 Å². The second kappa shape index (κ2) is 2.20. The van der Waals surface area contributed by atoms with Crippen molar-refractivity contribution in [1.29, 1.82) is 0 Å². The predicted octanol–water partition coefficient (Wildman–Crippen LogP) is 1.92. The Balaban J connectivity index is 2.82. The minimum atomic E-state index is 0.387. The Labute approximate surface area is 68.4 Å². The van der Waals surface area contributed by atoms with Crippen LogP contribution in [-0.2, 0) is 0 Å². The van der Waals surface area contributed by atoms with Crippen LogP contribution in [0.1, 0.15) is 5.56 Å². The standard InChI is InChI=1S/C7H6ClN3/c1-4-2-5-6(9-3-4)11-7(8)10-5/h2-3H,1H3,(H,9,10,11). The van der Waals surface area contributed by atoms with Crippen molar-refractivity contribution in [3.05, 3.63) is 23.1 Å². The molecule has 2 heterocycles. The first-order chi connectivity index (χ1) is 5.25. The lowest BCUT2D eigenvalue weighted by Crippen LogP contribution is -1.77. The van der Waals surface area contributed by atoms with E-state index < -0.39 is 0 Å². The lowest BCUT2D eigenvalue weighted by atomic mass is 10.3. The third kappa shape index (κ3) is 1.07. The maximum Gasteiger partial charge on any atom is 0.202 e. The number of imidazole rings is 1. The fraction of sp³-hybridized carbons (Fsp3) is 0.143. The molecule has 0 spiro atoms. The van der Waals surface area contributed by atoms with E-state index in [9.17, 15) is 0 Å². The van der Waals surface area contributed by atoms with E-state index in [-0.39, 0.29) is 0 Å². The molecule has 2 rings (SSSR count). The summed E-state index contributed by atoms with van der Waals surface area (Å²) in [5.74, 6) is 0. The van der Waals surface area contributed by atoms with Gasteiger partial charge in [-0.15, -0.1) is 0 Å². The van der Waals surface area contributed by atoms with Gasteiger partial charge < -0.3 is 4.98 Å². The Morgan fingerprint density at radius 1 is 1.55 bits per heavy atom. The molecular formula is C7H6ClN3. The van der Waals surface area contributed by atoms with Gasteiger partial charge in [0.25, 0.3) is 0 Å². The number of fused-ring (bicyclic) bond motifs is 1. The fourth-order valence-electron chi connectivity index (χ4n) is 0.975. The summed E-state index contributed by atoms with van der Waals surface area (Å²) in [5, 5.41) is 0.387. The predicted molar refractivity (Wildman–Crippen MR) is 43.6 cm³/mol. The number of hydrogen-bond donors (Lipinski definition) is 1. The highest BCUT2D eigenvalue weighted by Gasteiger charge is 1.99. The molecule has 11 heavy (non-hydrogen) atoms. The van der Waals surface area contributed by atoms with Crippen LogP contribution < -0.4 is 0 Å². The van der Waals surface area contributed by atoms with Crippen molar-refractivity contribution in [2.24, 2.45) is 0 Å². The minimum Gasteiger partial charge on any atom is -0.327 e. The van der Waals surface area contributed by atoms with E-state index in [0.717, 1.165) is 11.1 Å². The number of rotatable bonds is 0. The third-order valence-corrected chi connectivity index (χ3v) is 1.62. The van der Waals surface area contributed by atoms with Crippen LogP contribution in [0.3, 0.4) is 0 Å². The van der Waals surface area contributed by atoms with Gasteiger partial charge in [-0.3, -0.25) is 0 Å². The van der Waals surface area contributed by atoms with Gasteiger partial charge in [-0.1, -0.05) is 0 Å². The van der Waals surface area contributed by atoms with Gasteiger partial charge in [-0.2, -0.15) is 4.98 Å². The molecule has 0 saturated carbocycles. The maximum atomic E-state index is 5.63. The van der Waals surface area contributed by atoms with Crippen LogP contribution >= 0.6 is 11.6 Å². The topological polar surface area (TPSA) is 41.6 Å². The summed E-state index contributed by atoms with van der Waals surface area (Å²) in [7, 11) is 0. The fourth-order valence-corrected chi connectivity index (χ4v) is 1.16. The molecule has 0 bridgehead atoms. The van der Waals surface area contributed by atoms with Crippen molar-refractivity contribution in [1.82, 2.24) is 15.0 Å². The number of nitrogens with zero attached hydrogens (tertiary/aromatic N) is 2. The molecule has 0 atom stereocenters. The molecular weight excluding hydrogens is 162 g/mol. The van der Waals surface area contributed by atoms with Crippen LogP contribution in [0.4, 0.5) is 0 Å². The highest BCUT2D eigenvalue weighted by molar-refractivity contribution is 6.28. The molecule has 56 valence electrons. The average Bonchev–Trinajstić information content (AvgIpc) is 2.27. The largest absolute Gasteiger partial charge is 0.327 e. The van der Waals surface area contributed by atoms with Crippen molar-refractivity contribution < 1.29 is 0 Å². The van der Waals surface area contributed by atoms with E-state index in [1.54, 1.807) is 6.20 Å². The zero-order chi connectivity index (χ0) is 7.84. The van der Waals surface area contributed by atoms with E-state index >= 15 is 0 Å². The summed E-state index contributed by atoms with van der Waals surface area (Å²) in [4.78, 5) is 10.9. The Morgan fingerprint density at radius 3 is 3.18 bits per heavy atom. The molecule has 0 aliphatic rings. The maximum absolute atomic E-state index is 5.63. The normalized spacial score (nSPS) is 10.7. The number of H-pyrrole nitrogens is 1. The van der Waals surface area contributed by atoms with E-state index in [1.165, 1.54) is 0 Å². The Hall–Kier alpha value is -1.09. The summed E-state index contributed by atoms with van der Waals surface area (Å²) < 4.78 is 0. The summed E-state index contributed by atoms with van der Waals surface area (Å²) >= 11 is 5.63. The second-order valence-electron chi connectivity index (χ2n) is 2.41. The summed E-state index contributed by atoms with van der Waals surface area (Å²) in [6.07, 6.45) is 1.76. The monoisotopic (exact) mass is 167 g/mol. The van der Waals surface area contributed by atoms with Crippen molar-refractivity contribution >= 4 is 22.8 Å². The molecule has 0 aliphatic heterocycles. The van der Waals surface area contributed by atoms with Crippen LogP contribution in [0.2, 0.25) is 5.28 Å². The Bertz CT molecular complexity index is 393. The first-order valence-electron chi connectivity index (χ1n) is 3.23. The molecule has 0 saturated heterocycles. The minimum absolute atomic E-state index is 0.387. The highest BCUT2D eigenvalue weighted by atomic mass is 35.5. The molecule has 0 aliphatic carbocycles. The molecule has 1 N–H and O–H groups in total. The van der Waals surface area contributed by atoms with Crippen molar-refractivity contribution in [2.75, 3.05) is 0 Å². The number of pyridine rings is 1. The first kappa shape index (κ1) is 6.61. The van der Waals surface area contributed by atoms with Gasteiger partial charge in [-0.25, -0.2) is 4.98 Å². The Morgan fingerprint density at radius 2 is 2.36 bits per heavy atom. The molecule has 0 amide bonds. The van der Waals surface area contributed by atoms with Gasteiger partial charge in [0.1, 0.15) is 0 Å². The SMILES string of the molecule is Cc1cnc2nc(Cl)[nH]c2c1. The van der Waals surface area contributed by atoms with Crippen LogP contribution in [-0.4, -0.2) is 15.0 Å². The Kier molecular flexibility index (Phi) is 1.32. The van der Waals surface area contributed by atoms with Crippen molar-refractivity contribution in [3.8, 4) is 0 Å². The number of aromatic amines is 1. The van der Waals surface area contributed by atoms with Crippen molar-refractivity contribution in [2.45, 2.75) is 6.92 Å². The van der Waals surface area contributed by atoms with Crippen LogP contribution in [0.25, 0.3) is 11.2 Å². The van der Waals surface area contributed by atoms with Crippen molar-refractivity contribution in [3.63, 3.8) is 0 Å². The van der Waals surface area contributed by atoms with Gasteiger partial charge in [0.2, 0.25) is 5.28 Å². The summed E-state index contributed by atoms with van der Waals surface area (Å²) in [6, 6.07) is 1.96. The van der Waals surface area contributed by atoms with Gasteiger partial charge in [0, 0.05) is 6.20 Å². The summed E-state index contributed by atoms with van der Waals surface area (Å²) in [5.41, 5.74) is 2.65. The molecule has 2 aromatic heterocycles. The number of aromatic nitrogens is 3. The number of nitrogens with one attached hydrogen (secondary N) is 1. The molecule has 0 radical (unpaired) electrons. The van der Waals surface area contributed by atoms with E-state index in [2.05, 4.69) is 15.0 Å². The summed E-state index contributed by atoms with van der Waals surface area (Å²) in [6.45, 7) is 1.97. The lowest BCUT2D eigenvalue weighted by Gasteiger charge is -1.88. The molecule has 2 aromatic rings. The third-order valence-electron chi connectivity index (χ3n) is 1.45. The molecule has 4 heteroatoms. The van der Waals surface area contributed by atoms with Gasteiger partial charge in [0.05, 0.1) is 5.52 Å². The second-order valence-corrected chi connectivity index (χ2v) is 2.77. The van der Waals surface area contributed by atoms with E-state index in [4.69, 9.17) is 11.6 Å². The zero-order valence-electron chi connectivity index (χ0n) is 5.93. The lowest BCUT2D eigenvalue weighted by molar-refractivity contribution is 1.28. The smallest absolute Gasteiger partial charge is 0.202 e. The van der Waals surface area contributed by atoms with Gasteiger partial charge >= 0.3 is 0 Å². The van der Waals surface area contributed by atoms with Crippen LogP contribution in [0.15, 0.2) is 12.3 Å². The zero-order valence-corrected chi connectivity index (χ0v) is 6.68. The quantitative estimate of drug-likeness (QED) is 0.652. The van der Waals surface area contributed by atoms with Crippen LogP contribution in [0, 0.1) is 6.92 Å². The highest BCUT2D eigenvalue weighted by Crippen LogP contribution is 2.12. The average molecular weight is 168 g/mol. The van der Waals surface area contributed by atoms with Crippen LogP contribution in [0.5, 0.6) is 0 Å². The number of halogens is 1. The van der Waals surface area contributed by atoms with Gasteiger partial charge in [0.15, 0.2) is 5.65 Å². The molecule has 0 unspecified atom stereocenters.